The first-order chi connectivity index (χ1) is 9.05. The molecule has 1 aromatic rings. The zero-order valence-electron chi connectivity index (χ0n) is 11.5. The van der Waals surface area contributed by atoms with Crippen molar-refractivity contribution in [1.29, 1.82) is 0 Å². The minimum absolute atomic E-state index is 0.156. The fraction of sp³-hybridized carbons (Fsp3) is 0.538. The number of unbranched alkanes of at least 4 members (excludes halogenated alkanes) is 2. The van der Waals surface area contributed by atoms with Crippen molar-refractivity contribution in [1.82, 2.24) is 4.72 Å². The van der Waals surface area contributed by atoms with Gasteiger partial charge in [0.1, 0.15) is 10.6 Å². The van der Waals surface area contributed by atoms with Crippen LogP contribution in [0.4, 0.5) is 0 Å². The Balaban J connectivity index is 2.88. The molecule has 0 unspecified atom stereocenters. The largest absolute Gasteiger partial charge is 0.495 e. The lowest BCUT2D eigenvalue weighted by atomic mass is 10.2. The van der Waals surface area contributed by atoms with Gasteiger partial charge >= 0.3 is 0 Å². The maximum absolute atomic E-state index is 12.2. The van der Waals surface area contributed by atoms with Crippen LogP contribution < -0.4 is 15.2 Å². The second-order valence-electron chi connectivity index (χ2n) is 4.29. The molecule has 108 valence electrons. The maximum Gasteiger partial charge on any atom is 0.244 e. The first-order valence-electron chi connectivity index (χ1n) is 6.41. The van der Waals surface area contributed by atoms with E-state index >= 15 is 0 Å². The average molecular weight is 286 g/mol. The van der Waals surface area contributed by atoms with Gasteiger partial charge in [0.25, 0.3) is 0 Å². The topological polar surface area (TPSA) is 81.4 Å². The normalized spacial score (nSPS) is 11.5. The second-order valence-corrected chi connectivity index (χ2v) is 6.03. The van der Waals surface area contributed by atoms with Crippen LogP contribution in [-0.2, 0) is 16.6 Å². The number of ether oxygens (including phenoxy) is 1. The summed E-state index contributed by atoms with van der Waals surface area (Å²) in [5.74, 6) is 0.325. The van der Waals surface area contributed by atoms with Gasteiger partial charge < -0.3 is 10.5 Å². The van der Waals surface area contributed by atoms with Crippen LogP contribution in [0.25, 0.3) is 0 Å². The van der Waals surface area contributed by atoms with Crippen LogP contribution in [0, 0.1) is 0 Å². The van der Waals surface area contributed by atoms with E-state index in [0.717, 1.165) is 24.8 Å². The number of benzene rings is 1. The highest BCUT2D eigenvalue weighted by Gasteiger charge is 2.18. The third-order valence-corrected chi connectivity index (χ3v) is 4.33. The fourth-order valence-corrected chi connectivity index (χ4v) is 2.94. The summed E-state index contributed by atoms with van der Waals surface area (Å²) < 4.78 is 32.0. The van der Waals surface area contributed by atoms with E-state index in [1.54, 1.807) is 12.1 Å². The molecule has 1 aromatic carbocycles. The maximum atomic E-state index is 12.2. The van der Waals surface area contributed by atoms with Crippen molar-refractivity contribution in [2.45, 2.75) is 37.6 Å². The van der Waals surface area contributed by atoms with Crippen LogP contribution >= 0.6 is 0 Å². The molecular weight excluding hydrogens is 264 g/mol. The van der Waals surface area contributed by atoms with Crippen LogP contribution in [-0.4, -0.2) is 22.1 Å². The van der Waals surface area contributed by atoms with Crippen LogP contribution in [0.1, 0.15) is 31.7 Å². The molecule has 0 aromatic heterocycles. The molecule has 0 bridgehead atoms. The molecule has 0 amide bonds. The summed E-state index contributed by atoms with van der Waals surface area (Å²) in [5.41, 5.74) is 6.36. The number of sulfonamides is 1. The van der Waals surface area contributed by atoms with E-state index in [2.05, 4.69) is 11.6 Å². The number of hydrogen-bond acceptors (Lipinski definition) is 4. The average Bonchev–Trinajstić information content (AvgIpc) is 2.42. The zero-order valence-corrected chi connectivity index (χ0v) is 12.3. The van der Waals surface area contributed by atoms with Gasteiger partial charge in [0.2, 0.25) is 10.0 Å². The highest BCUT2D eigenvalue weighted by Crippen LogP contribution is 2.24. The SMILES string of the molecule is CCCCCNS(=O)(=O)c1ccc(CN)cc1OC. The molecule has 1 rings (SSSR count). The molecule has 0 heterocycles. The van der Waals surface area contributed by atoms with E-state index < -0.39 is 10.0 Å². The summed E-state index contributed by atoms with van der Waals surface area (Å²) in [6.07, 6.45) is 2.89. The van der Waals surface area contributed by atoms with Crippen LogP contribution in [0.3, 0.4) is 0 Å². The van der Waals surface area contributed by atoms with E-state index in [1.807, 2.05) is 0 Å². The van der Waals surface area contributed by atoms with Crippen molar-refractivity contribution in [3.63, 3.8) is 0 Å². The Morgan fingerprint density at radius 3 is 2.63 bits per heavy atom. The van der Waals surface area contributed by atoms with E-state index in [4.69, 9.17) is 10.5 Å². The highest BCUT2D eigenvalue weighted by molar-refractivity contribution is 7.89. The minimum atomic E-state index is -3.52. The Labute approximate surface area is 115 Å². The van der Waals surface area contributed by atoms with Gasteiger partial charge in [-0.1, -0.05) is 25.8 Å². The van der Waals surface area contributed by atoms with Gasteiger partial charge in [0, 0.05) is 13.1 Å². The number of nitrogens with two attached hydrogens (primary N) is 1. The molecule has 0 spiro atoms. The van der Waals surface area contributed by atoms with Crippen LogP contribution in [0.2, 0.25) is 0 Å². The number of rotatable bonds is 8. The molecule has 0 aliphatic carbocycles. The summed E-state index contributed by atoms with van der Waals surface area (Å²) in [5, 5.41) is 0. The summed E-state index contributed by atoms with van der Waals surface area (Å²) in [6.45, 7) is 2.86. The Morgan fingerprint density at radius 2 is 2.05 bits per heavy atom. The fourth-order valence-electron chi connectivity index (χ4n) is 1.72. The van der Waals surface area contributed by atoms with Gasteiger partial charge in [0.05, 0.1) is 7.11 Å². The molecule has 0 aliphatic rings. The molecular formula is C13H22N2O3S. The molecule has 0 aliphatic heterocycles. The third kappa shape index (κ3) is 4.49. The van der Waals surface area contributed by atoms with E-state index in [1.165, 1.54) is 13.2 Å². The molecule has 0 atom stereocenters. The third-order valence-electron chi connectivity index (χ3n) is 2.83. The first kappa shape index (κ1) is 15.9. The van der Waals surface area contributed by atoms with Crippen molar-refractivity contribution in [3.8, 4) is 5.75 Å². The Morgan fingerprint density at radius 1 is 1.32 bits per heavy atom. The Kier molecular flexibility index (Phi) is 6.27. The van der Waals surface area contributed by atoms with E-state index in [-0.39, 0.29) is 4.90 Å². The molecule has 6 heteroatoms. The zero-order chi connectivity index (χ0) is 14.3. The summed E-state index contributed by atoms with van der Waals surface area (Å²) >= 11 is 0. The van der Waals surface area contributed by atoms with Gasteiger partial charge in [-0.25, -0.2) is 13.1 Å². The van der Waals surface area contributed by atoms with Crippen LogP contribution in [0.5, 0.6) is 5.75 Å². The van der Waals surface area contributed by atoms with Crippen molar-refractivity contribution in [3.05, 3.63) is 23.8 Å². The standard InChI is InChI=1S/C13H22N2O3S/c1-3-4-5-8-15-19(16,17)13-7-6-11(10-14)9-12(13)18-2/h6-7,9,15H,3-5,8,10,14H2,1-2H3. The Hall–Kier alpha value is -1.11. The summed E-state index contributed by atoms with van der Waals surface area (Å²) in [7, 11) is -2.07. The smallest absolute Gasteiger partial charge is 0.244 e. The monoisotopic (exact) mass is 286 g/mol. The second kappa shape index (κ2) is 7.47. The lowest BCUT2D eigenvalue weighted by Crippen LogP contribution is -2.25. The minimum Gasteiger partial charge on any atom is -0.495 e. The number of methoxy groups -OCH3 is 1. The van der Waals surface area contributed by atoms with Crippen molar-refractivity contribution in [2.24, 2.45) is 5.73 Å². The van der Waals surface area contributed by atoms with E-state index in [0.29, 0.717) is 18.8 Å². The highest BCUT2D eigenvalue weighted by atomic mass is 32.2. The van der Waals surface area contributed by atoms with Crippen molar-refractivity contribution >= 4 is 10.0 Å². The quantitative estimate of drug-likeness (QED) is 0.712. The molecule has 5 nitrogen and oxygen atoms in total. The van der Waals surface area contributed by atoms with Gasteiger partial charge in [-0.3, -0.25) is 0 Å². The van der Waals surface area contributed by atoms with E-state index in [9.17, 15) is 8.42 Å². The predicted molar refractivity (Wildman–Crippen MR) is 75.6 cm³/mol. The van der Waals surface area contributed by atoms with Gasteiger partial charge in [0.15, 0.2) is 0 Å². The van der Waals surface area contributed by atoms with Gasteiger partial charge in [-0.2, -0.15) is 0 Å². The van der Waals surface area contributed by atoms with Gasteiger partial charge in [-0.15, -0.1) is 0 Å². The Bertz CT molecular complexity index is 501. The summed E-state index contributed by atoms with van der Waals surface area (Å²) in [4.78, 5) is 0.156. The van der Waals surface area contributed by atoms with Gasteiger partial charge in [-0.05, 0) is 24.1 Å². The van der Waals surface area contributed by atoms with Crippen LogP contribution in [0.15, 0.2) is 23.1 Å². The summed E-state index contributed by atoms with van der Waals surface area (Å²) in [6, 6.07) is 4.88. The lowest BCUT2D eigenvalue weighted by Gasteiger charge is -2.11. The molecule has 0 fully saturated rings. The molecule has 0 saturated carbocycles. The van der Waals surface area contributed by atoms with Crippen molar-refractivity contribution in [2.75, 3.05) is 13.7 Å². The predicted octanol–water partition coefficient (Wildman–Crippen LogP) is 1.62. The first-order valence-corrected chi connectivity index (χ1v) is 7.90. The molecule has 0 radical (unpaired) electrons. The molecule has 19 heavy (non-hydrogen) atoms. The number of hydrogen-bond donors (Lipinski definition) is 2. The lowest BCUT2D eigenvalue weighted by molar-refractivity contribution is 0.401. The number of nitrogens with one attached hydrogen (secondary N) is 1. The molecule has 3 N–H and O–H groups in total. The molecule has 0 saturated heterocycles. The van der Waals surface area contributed by atoms with Crippen molar-refractivity contribution < 1.29 is 13.2 Å².